The highest BCUT2D eigenvalue weighted by Gasteiger charge is 2.30. The zero-order valence-electron chi connectivity index (χ0n) is 17.2. The van der Waals surface area contributed by atoms with E-state index in [2.05, 4.69) is 66.0 Å². The summed E-state index contributed by atoms with van der Waals surface area (Å²) in [6.07, 6.45) is 14.6. The molecule has 29 heavy (non-hydrogen) atoms. The second kappa shape index (κ2) is 8.52. The Kier molecular flexibility index (Phi) is 5.66. The first kappa shape index (κ1) is 19.3. The van der Waals surface area contributed by atoms with Crippen LogP contribution in [0.3, 0.4) is 0 Å². The van der Waals surface area contributed by atoms with Crippen LogP contribution in [0.15, 0.2) is 99.1 Å². The average Bonchev–Trinajstić information content (AvgIpc) is 3.33. The topological polar surface area (TPSA) is 37.1 Å². The van der Waals surface area contributed by atoms with Crippen LogP contribution < -0.4 is 0 Å². The SMILES string of the molecule is C=CC1=C(/C=C\CCC2=C(c3ccccc3)N=C3C(C)=NC=CC32)C(=NC)CC1. The molecule has 2 heterocycles. The van der Waals surface area contributed by atoms with Gasteiger partial charge < -0.3 is 0 Å². The lowest BCUT2D eigenvalue weighted by molar-refractivity contribution is 0.887. The number of hydrogen-bond acceptors (Lipinski definition) is 3. The summed E-state index contributed by atoms with van der Waals surface area (Å²) in [5, 5.41) is 0. The average molecular weight is 382 g/mol. The predicted molar refractivity (Wildman–Crippen MR) is 125 cm³/mol. The van der Waals surface area contributed by atoms with E-state index in [1.54, 1.807) is 0 Å². The summed E-state index contributed by atoms with van der Waals surface area (Å²) in [7, 11) is 1.88. The van der Waals surface area contributed by atoms with Crippen LogP contribution in [0.4, 0.5) is 0 Å². The Morgan fingerprint density at radius 1 is 1.21 bits per heavy atom. The fraction of sp³-hybridized carbons (Fsp3) is 0.269. The minimum Gasteiger partial charge on any atom is -0.292 e. The van der Waals surface area contributed by atoms with E-state index >= 15 is 0 Å². The maximum Gasteiger partial charge on any atom is 0.0733 e. The fourth-order valence-electron chi connectivity index (χ4n) is 4.31. The van der Waals surface area contributed by atoms with Gasteiger partial charge in [-0.1, -0.05) is 61.2 Å². The Hall–Kier alpha value is -3.07. The molecule has 3 heteroatoms. The van der Waals surface area contributed by atoms with E-state index in [1.807, 2.05) is 25.4 Å². The Morgan fingerprint density at radius 2 is 2.03 bits per heavy atom. The minimum absolute atomic E-state index is 0.248. The molecule has 1 aromatic carbocycles. The second-order valence-electron chi connectivity index (χ2n) is 7.52. The third-order valence-corrected chi connectivity index (χ3v) is 5.84. The van der Waals surface area contributed by atoms with Gasteiger partial charge in [-0.3, -0.25) is 9.98 Å². The van der Waals surface area contributed by atoms with E-state index in [-0.39, 0.29) is 5.92 Å². The van der Waals surface area contributed by atoms with Crippen molar-refractivity contribution in [1.82, 2.24) is 0 Å². The van der Waals surface area contributed by atoms with Gasteiger partial charge in [0.2, 0.25) is 0 Å². The molecule has 1 aliphatic carbocycles. The van der Waals surface area contributed by atoms with Gasteiger partial charge in [0.1, 0.15) is 0 Å². The summed E-state index contributed by atoms with van der Waals surface area (Å²) >= 11 is 0. The maximum absolute atomic E-state index is 5.00. The van der Waals surface area contributed by atoms with Crippen LogP contribution >= 0.6 is 0 Å². The molecular formula is C26H27N3. The third-order valence-electron chi connectivity index (χ3n) is 5.84. The van der Waals surface area contributed by atoms with Gasteiger partial charge in [0.15, 0.2) is 0 Å². The zero-order valence-corrected chi connectivity index (χ0v) is 17.2. The summed E-state index contributed by atoms with van der Waals surface area (Å²) in [6.45, 7) is 6.01. The molecule has 1 unspecified atom stereocenters. The molecule has 2 aliphatic heterocycles. The van der Waals surface area contributed by atoms with E-state index in [4.69, 9.17) is 4.99 Å². The van der Waals surface area contributed by atoms with Gasteiger partial charge in [-0.2, -0.15) is 0 Å². The Balaban J connectivity index is 1.57. The summed E-state index contributed by atoms with van der Waals surface area (Å²) in [4.78, 5) is 13.9. The lowest BCUT2D eigenvalue weighted by Gasteiger charge is -2.16. The molecule has 0 radical (unpaired) electrons. The minimum atomic E-state index is 0.248. The van der Waals surface area contributed by atoms with Crippen LogP contribution in [-0.2, 0) is 0 Å². The number of nitrogens with zero attached hydrogens (tertiary/aromatic N) is 3. The molecule has 1 atom stereocenters. The molecule has 0 N–H and O–H groups in total. The van der Waals surface area contributed by atoms with E-state index in [9.17, 15) is 0 Å². The van der Waals surface area contributed by atoms with Crippen LogP contribution in [-0.4, -0.2) is 24.2 Å². The first-order valence-corrected chi connectivity index (χ1v) is 10.3. The monoisotopic (exact) mass is 381 g/mol. The summed E-state index contributed by atoms with van der Waals surface area (Å²) < 4.78 is 0. The number of rotatable bonds is 6. The van der Waals surface area contributed by atoms with Crippen molar-refractivity contribution in [1.29, 1.82) is 0 Å². The lowest BCUT2D eigenvalue weighted by Crippen LogP contribution is -2.21. The molecule has 146 valence electrons. The highest BCUT2D eigenvalue weighted by molar-refractivity contribution is 6.45. The smallest absolute Gasteiger partial charge is 0.0733 e. The fourth-order valence-corrected chi connectivity index (χ4v) is 4.31. The lowest BCUT2D eigenvalue weighted by atomic mass is 9.87. The quantitative estimate of drug-likeness (QED) is 0.567. The van der Waals surface area contributed by atoms with Crippen molar-refractivity contribution in [2.75, 3.05) is 7.05 Å². The Morgan fingerprint density at radius 3 is 2.79 bits per heavy atom. The molecule has 0 amide bonds. The first-order chi connectivity index (χ1) is 14.2. The van der Waals surface area contributed by atoms with Crippen LogP contribution in [0, 0.1) is 5.92 Å². The summed E-state index contributed by atoms with van der Waals surface area (Å²) in [5.41, 5.74) is 9.54. The molecule has 3 aliphatic rings. The normalized spacial score (nSPS) is 22.6. The van der Waals surface area contributed by atoms with Crippen molar-refractivity contribution in [2.24, 2.45) is 20.9 Å². The van der Waals surface area contributed by atoms with Gasteiger partial charge in [0.25, 0.3) is 0 Å². The molecule has 1 aromatic rings. The van der Waals surface area contributed by atoms with Gasteiger partial charge in [-0.25, -0.2) is 4.99 Å². The molecule has 0 spiro atoms. The number of aliphatic imine (C=N–C) groups is 3. The van der Waals surface area contributed by atoms with Crippen LogP contribution in [0.25, 0.3) is 5.70 Å². The second-order valence-corrected chi connectivity index (χ2v) is 7.52. The van der Waals surface area contributed by atoms with Crippen molar-refractivity contribution >= 4 is 22.8 Å². The third kappa shape index (κ3) is 3.77. The van der Waals surface area contributed by atoms with Crippen LogP contribution in [0.5, 0.6) is 0 Å². The molecule has 0 bridgehead atoms. The van der Waals surface area contributed by atoms with Crippen LogP contribution in [0.1, 0.15) is 38.2 Å². The van der Waals surface area contributed by atoms with E-state index < -0.39 is 0 Å². The molecule has 0 saturated carbocycles. The van der Waals surface area contributed by atoms with Gasteiger partial charge in [0.05, 0.1) is 17.1 Å². The standard InChI is InChI=1S/C26H27N3/c1-4-19-14-15-24(27-3)21(19)12-8-9-13-22-23-16-17-28-18(2)25(23)29-26(22)20-10-6-5-7-11-20/h4-8,10-12,16-17,23H,1,9,13-15H2,2-3H3/b12-8-,27-24?. The predicted octanol–water partition coefficient (Wildman–Crippen LogP) is 6.14. The van der Waals surface area contributed by atoms with Crippen molar-refractivity contribution in [2.45, 2.75) is 32.6 Å². The van der Waals surface area contributed by atoms with Crippen molar-refractivity contribution < 1.29 is 0 Å². The maximum atomic E-state index is 5.00. The van der Waals surface area contributed by atoms with Gasteiger partial charge in [-0.05, 0) is 49.3 Å². The zero-order chi connectivity index (χ0) is 20.2. The Bertz CT molecular complexity index is 1030. The van der Waals surface area contributed by atoms with Crippen LogP contribution in [0.2, 0.25) is 0 Å². The van der Waals surface area contributed by atoms with Crippen molar-refractivity contribution in [3.8, 4) is 0 Å². The molecular weight excluding hydrogens is 354 g/mol. The molecule has 0 fully saturated rings. The van der Waals surface area contributed by atoms with Gasteiger partial charge >= 0.3 is 0 Å². The molecule has 4 rings (SSSR count). The van der Waals surface area contributed by atoms with Gasteiger partial charge in [-0.15, -0.1) is 0 Å². The highest BCUT2D eigenvalue weighted by atomic mass is 14.9. The molecule has 3 nitrogen and oxygen atoms in total. The molecule has 0 aromatic heterocycles. The van der Waals surface area contributed by atoms with E-state index in [0.717, 1.165) is 42.8 Å². The Labute approximate surface area is 173 Å². The number of benzene rings is 1. The number of hydrogen-bond donors (Lipinski definition) is 0. The van der Waals surface area contributed by atoms with Crippen molar-refractivity contribution in [3.63, 3.8) is 0 Å². The largest absolute Gasteiger partial charge is 0.292 e. The summed E-state index contributed by atoms with van der Waals surface area (Å²) in [6, 6.07) is 10.5. The highest BCUT2D eigenvalue weighted by Crippen LogP contribution is 2.38. The molecule has 0 saturated heterocycles. The van der Waals surface area contributed by atoms with Gasteiger partial charge in [0, 0.05) is 30.4 Å². The van der Waals surface area contributed by atoms with E-state index in [1.165, 1.54) is 28.0 Å². The number of fused-ring (bicyclic) bond motifs is 1. The first-order valence-electron chi connectivity index (χ1n) is 10.3. The number of allylic oxidation sites excluding steroid dienone is 7. The van der Waals surface area contributed by atoms with Crippen molar-refractivity contribution in [3.05, 3.63) is 89.7 Å². The summed E-state index contributed by atoms with van der Waals surface area (Å²) in [5.74, 6) is 0.248. The van der Waals surface area contributed by atoms with E-state index in [0.29, 0.717) is 0 Å².